The predicted octanol–water partition coefficient (Wildman–Crippen LogP) is 3.23. The van der Waals surface area contributed by atoms with E-state index in [1.165, 1.54) is 12.8 Å². The lowest BCUT2D eigenvalue weighted by Crippen LogP contribution is -2.42. The maximum atomic E-state index is 12.6. The van der Waals surface area contributed by atoms with Gasteiger partial charge in [0.05, 0.1) is 5.41 Å². The highest BCUT2D eigenvalue weighted by atomic mass is 16.2. The number of anilines is 1. The standard InChI is InChI=1S/C16H24N2O/c1-13-8-4-5-9-14(13)18-15(19)16(12-17)10-6-2-3-7-11-16/h4-5,8-9H,2-3,6-7,10-12,17H2,1H3,(H,18,19). The van der Waals surface area contributed by atoms with Gasteiger partial charge in [0.25, 0.3) is 0 Å². The smallest absolute Gasteiger partial charge is 0.231 e. The lowest BCUT2D eigenvalue weighted by atomic mass is 9.79. The second-order valence-corrected chi connectivity index (χ2v) is 5.67. The van der Waals surface area contributed by atoms with Crippen LogP contribution in [0.1, 0.15) is 44.1 Å². The number of nitrogens with one attached hydrogen (secondary N) is 1. The summed E-state index contributed by atoms with van der Waals surface area (Å²) in [6.07, 6.45) is 6.50. The van der Waals surface area contributed by atoms with Crippen LogP contribution in [0.2, 0.25) is 0 Å². The number of nitrogens with two attached hydrogens (primary N) is 1. The van der Waals surface area contributed by atoms with E-state index in [0.29, 0.717) is 6.54 Å². The number of aryl methyl sites for hydroxylation is 1. The Bertz CT molecular complexity index is 434. The predicted molar refractivity (Wildman–Crippen MR) is 79.0 cm³/mol. The van der Waals surface area contributed by atoms with Crippen LogP contribution in [0.4, 0.5) is 5.69 Å². The van der Waals surface area contributed by atoms with Crippen LogP contribution in [-0.2, 0) is 4.79 Å². The Hall–Kier alpha value is -1.35. The maximum Gasteiger partial charge on any atom is 0.231 e. The SMILES string of the molecule is Cc1ccccc1NC(=O)C1(CN)CCCCCC1. The molecule has 0 atom stereocenters. The second kappa shape index (κ2) is 6.20. The van der Waals surface area contributed by atoms with Crippen molar-refractivity contribution in [1.29, 1.82) is 0 Å². The van der Waals surface area contributed by atoms with E-state index >= 15 is 0 Å². The maximum absolute atomic E-state index is 12.6. The molecule has 1 aliphatic rings. The molecule has 1 aliphatic carbocycles. The van der Waals surface area contributed by atoms with Crippen LogP contribution >= 0.6 is 0 Å². The molecule has 3 heteroatoms. The summed E-state index contributed by atoms with van der Waals surface area (Å²) in [6.45, 7) is 2.46. The summed E-state index contributed by atoms with van der Waals surface area (Å²) in [5.41, 5.74) is 7.58. The van der Waals surface area contributed by atoms with Gasteiger partial charge in [-0.3, -0.25) is 4.79 Å². The molecule has 1 aromatic carbocycles. The van der Waals surface area contributed by atoms with Gasteiger partial charge in [-0.15, -0.1) is 0 Å². The Morgan fingerprint density at radius 3 is 2.42 bits per heavy atom. The molecule has 1 amide bonds. The number of hydrogen-bond donors (Lipinski definition) is 2. The average molecular weight is 260 g/mol. The molecule has 1 aromatic rings. The first-order chi connectivity index (χ1) is 9.18. The van der Waals surface area contributed by atoms with E-state index < -0.39 is 0 Å². The van der Waals surface area contributed by atoms with Crippen LogP contribution < -0.4 is 11.1 Å². The first-order valence-corrected chi connectivity index (χ1v) is 7.25. The van der Waals surface area contributed by atoms with Gasteiger partial charge in [0.15, 0.2) is 0 Å². The van der Waals surface area contributed by atoms with Crippen LogP contribution in [0, 0.1) is 12.3 Å². The molecule has 0 aromatic heterocycles. The molecule has 3 nitrogen and oxygen atoms in total. The molecule has 2 rings (SSSR count). The van der Waals surface area contributed by atoms with Crippen molar-refractivity contribution in [1.82, 2.24) is 0 Å². The molecule has 0 radical (unpaired) electrons. The van der Waals surface area contributed by atoms with E-state index in [9.17, 15) is 4.79 Å². The minimum Gasteiger partial charge on any atom is -0.329 e. The summed E-state index contributed by atoms with van der Waals surface area (Å²) in [4.78, 5) is 12.6. The molecule has 3 N–H and O–H groups in total. The number of para-hydroxylation sites is 1. The first kappa shape index (κ1) is 14.1. The van der Waals surface area contributed by atoms with Crippen molar-refractivity contribution in [2.45, 2.75) is 45.4 Å². The van der Waals surface area contributed by atoms with Crippen molar-refractivity contribution in [2.24, 2.45) is 11.1 Å². The van der Waals surface area contributed by atoms with Gasteiger partial charge in [-0.1, -0.05) is 43.9 Å². The molecular weight excluding hydrogens is 236 g/mol. The van der Waals surface area contributed by atoms with Gasteiger partial charge in [0.2, 0.25) is 5.91 Å². The molecule has 0 spiro atoms. The summed E-state index contributed by atoms with van der Waals surface area (Å²) in [5.74, 6) is 0.103. The highest BCUT2D eigenvalue weighted by Crippen LogP contribution is 2.35. The number of rotatable bonds is 3. The quantitative estimate of drug-likeness (QED) is 0.820. The molecule has 0 bridgehead atoms. The fraction of sp³-hybridized carbons (Fsp3) is 0.562. The van der Waals surface area contributed by atoms with Crippen LogP contribution in [0.25, 0.3) is 0 Å². The van der Waals surface area contributed by atoms with E-state index in [1.807, 2.05) is 31.2 Å². The van der Waals surface area contributed by atoms with Gasteiger partial charge in [0, 0.05) is 12.2 Å². The Morgan fingerprint density at radius 1 is 1.21 bits per heavy atom. The summed E-state index contributed by atoms with van der Waals surface area (Å²) >= 11 is 0. The lowest BCUT2D eigenvalue weighted by Gasteiger charge is -2.30. The lowest BCUT2D eigenvalue weighted by molar-refractivity contribution is -0.125. The van der Waals surface area contributed by atoms with Crippen LogP contribution in [0.5, 0.6) is 0 Å². The normalized spacial score (nSPS) is 18.6. The largest absolute Gasteiger partial charge is 0.329 e. The third kappa shape index (κ3) is 3.16. The van der Waals surface area contributed by atoms with Crippen molar-refractivity contribution in [3.63, 3.8) is 0 Å². The molecule has 0 aliphatic heterocycles. The fourth-order valence-corrected chi connectivity index (χ4v) is 2.90. The number of benzene rings is 1. The molecule has 1 fully saturated rings. The van der Waals surface area contributed by atoms with Crippen molar-refractivity contribution in [3.8, 4) is 0 Å². The molecule has 104 valence electrons. The third-order valence-corrected chi connectivity index (χ3v) is 4.33. The van der Waals surface area contributed by atoms with E-state index in [2.05, 4.69) is 5.32 Å². The Kier molecular flexibility index (Phi) is 4.59. The topological polar surface area (TPSA) is 55.1 Å². The summed E-state index contributed by atoms with van der Waals surface area (Å²) in [5, 5.41) is 3.08. The van der Waals surface area contributed by atoms with Gasteiger partial charge >= 0.3 is 0 Å². The van der Waals surface area contributed by atoms with Gasteiger partial charge in [-0.2, -0.15) is 0 Å². The minimum absolute atomic E-state index is 0.103. The number of carbonyl (C=O) groups excluding carboxylic acids is 1. The summed E-state index contributed by atoms with van der Waals surface area (Å²) in [7, 11) is 0. The Morgan fingerprint density at radius 2 is 1.84 bits per heavy atom. The summed E-state index contributed by atoms with van der Waals surface area (Å²) < 4.78 is 0. The molecule has 1 saturated carbocycles. The molecule has 0 unspecified atom stereocenters. The van der Waals surface area contributed by atoms with Crippen LogP contribution in [0.15, 0.2) is 24.3 Å². The Labute approximate surface area is 115 Å². The molecule has 19 heavy (non-hydrogen) atoms. The van der Waals surface area contributed by atoms with Gasteiger partial charge < -0.3 is 11.1 Å². The molecule has 0 saturated heterocycles. The van der Waals surface area contributed by atoms with E-state index in [0.717, 1.165) is 36.9 Å². The average Bonchev–Trinajstić information content (AvgIpc) is 2.67. The zero-order valence-electron chi connectivity index (χ0n) is 11.7. The monoisotopic (exact) mass is 260 g/mol. The zero-order chi connectivity index (χ0) is 13.7. The third-order valence-electron chi connectivity index (χ3n) is 4.33. The summed E-state index contributed by atoms with van der Waals surface area (Å²) in [6, 6.07) is 7.89. The highest BCUT2D eigenvalue weighted by molar-refractivity contribution is 5.96. The minimum atomic E-state index is -0.362. The van der Waals surface area contributed by atoms with E-state index in [4.69, 9.17) is 5.73 Å². The first-order valence-electron chi connectivity index (χ1n) is 7.25. The Balaban J connectivity index is 2.14. The van der Waals surface area contributed by atoms with E-state index in [-0.39, 0.29) is 11.3 Å². The second-order valence-electron chi connectivity index (χ2n) is 5.67. The van der Waals surface area contributed by atoms with Crippen LogP contribution in [0.3, 0.4) is 0 Å². The molecular formula is C16H24N2O. The van der Waals surface area contributed by atoms with Gasteiger partial charge in [-0.05, 0) is 31.4 Å². The van der Waals surface area contributed by atoms with Crippen molar-refractivity contribution < 1.29 is 4.79 Å². The van der Waals surface area contributed by atoms with Crippen molar-refractivity contribution >= 4 is 11.6 Å². The fourth-order valence-electron chi connectivity index (χ4n) is 2.90. The highest BCUT2D eigenvalue weighted by Gasteiger charge is 2.37. The van der Waals surface area contributed by atoms with Crippen molar-refractivity contribution in [2.75, 3.05) is 11.9 Å². The number of carbonyl (C=O) groups is 1. The zero-order valence-corrected chi connectivity index (χ0v) is 11.7. The molecule has 0 heterocycles. The van der Waals surface area contributed by atoms with Crippen molar-refractivity contribution in [3.05, 3.63) is 29.8 Å². The number of hydrogen-bond acceptors (Lipinski definition) is 2. The van der Waals surface area contributed by atoms with Crippen LogP contribution in [-0.4, -0.2) is 12.5 Å². The van der Waals surface area contributed by atoms with E-state index in [1.54, 1.807) is 0 Å². The van der Waals surface area contributed by atoms with Gasteiger partial charge in [-0.25, -0.2) is 0 Å². The number of amides is 1. The van der Waals surface area contributed by atoms with Gasteiger partial charge in [0.1, 0.15) is 0 Å².